The lowest BCUT2D eigenvalue weighted by Gasteiger charge is -2.22. The van der Waals surface area contributed by atoms with Gasteiger partial charge in [-0.2, -0.15) is 0 Å². The Morgan fingerprint density at radius 3 is 2.21 bits per heavy atom. The highest BCUT2D eigenvalue weighted by molar-refractivity contribution is 6.04. The van der Waals surface area contributed by atoms with Crippen molar-refractivity contribution < 1.29 is 23.9 Å². The highest BCUT2D eigenvalue weighted by Crippen LogP contribution is 2.38. The lowest BCUT2D eigenvalue weighted by Crippen LogP contribution is -2.36. The normalized spacial score (nSPS) is 14.9. The Hall–Kier alpha value is -2.44. The fraction of sp³-hybridized carbons (Fsp3) is 0.409. The van der Waals surface area contributed by atoms with Gasteiger partial charge in [-0.3, -0.25) is 19.3 Å². The third-order valence-electron chi connectivity index (χ3n) is 5.16. The maximum Gasteiger partial charge on any atom is 0.308 e. The number of esters is 2. The highest BCUT2D eigenvalue weighted by Gasteiger charge is 2.25. The molecular weight excluding hydrogens is 394 g/mol. The molecule has 3 rings (SSSR count). The number of benzene rings is 2. The monoisotopic (exact) mass is 419 g/mol. The smallest absolute Gasteiger partial charge is 0.308 e. The molecule has 1 aliphatic rings. The number of fused-ring (bicyclic) bond motifs is 1. The van der Waals surface area contributed by atoms with Crippen molar-refractivity contribution in [2.45, 2.75) is 46.6 Å². The van der Waals surface area contributed by atoms with Gasteiger partial charge in [-0.1, -0.05) is 12.1 Å². The van der Waals surface area contributed by atoms with E-state index in [1.807, 2.05) is 19.1 Å². The van der Waals surface area contributed by atoms with E-state index in [0.717, 1.165) is 36.7 Å². The Bertz CT molecular complexity index is 950. The van der Waals surface area contributed by atoms with E-state index < -0.39 is 11.9 Å². The third kappa shape index (κ3) is 4.95. The zero-order chi connectivity index (χ0) is 20.4. The van der Waals surface area contributed by atoms with Gasteiger partial charge in [0.1, 0.15) is 0 Å². The van der Waals surface area contributed by atoms with Gasteiger partial charge >= 0.3 is 11.9 Å². The molecule has 1 unspecified atom stereocenters. The minimum Gasteiger partial charge on any atom is -0.423 e. The lowest BCUT2D eigenvalue weighted by molar-refractivity contribution is -0.134. The number of carbonyl (C=O) groups is 3. The second-order valence-corrected chi connectivity index (χ2v) is 7.24. The third-order valence-corrected chi connectivity index (χ3v) is 5.16. The van der Waals surface area contributed by atoms with Gasteiger partial charge in [0.25, 0.3) is 0 Å². The average Bonchev–Trinajstić information content (AvgIpc) is 3.17. The maximum absolute atomic E-state index is 13.0. The van der Waals surface area contributed by atoms with Crippen LogP contribution < -0.4 is 9.47 Å². The summed E-state index contributed by atoms with van der Waals surface area (Å²) in [5, 5.41) is 1.58. The number of halogens is 1. The first-order valence-corrected chi connectivity index (χ1v) is 9.50. The van der Waals surface area contributed by atoms with Crippen molar-refractivity contribution in [3.05, 3.63) is 35.4 Å². The van der Waals surface area contributed by atoms with Gasteiger partial charge in [-0.05, 0) is 62.7 Å². The Morgan fingerprint density at radius 1 is 1.00 bits per heavy atom. The summed E-state index contributed by atoms with van der Waals surface area (Å²) in [5.74, 6) is -0.546. The van der Waals surface area contributed by atoms with E-state index in [2.05, 4.69) is 4.90 Å². The number of likely N-dealkylation sites (tertiary alicyclic amines) is 1. The molecule has 156 valence electrons. The van der Waals surface area contributed by atoms with Crippen molar-refractivity contribution >= 4 is 40.9 Å². The SMILES string of the molecule is CC(=O)Oc1cc2ccc(C(=O)C(C)N3CCCC3)cc2c(C)c1OC(C)=O.Cl. The number of ketones is 1. The van der Waals surface area contributed by atoms with Crippen molar-refractivity contribution in [1.82, 2.24) is 4.90 Å². The maximum atomic E-state index is 13.0. The van der Waals surface area contributed by atoms with Gasteiger partial charge in [0.05, 0.1) is 6.04 Å². The van der Waals surface area contributed by atoms with Gasteiger partial charge in [0.2, 0.25) is 0 Å². The Balaban J connectivity index is 0.00000300. The minimum absolute atomic E-state index is 0. The number of rotatable bonds is 5. The number of Topliss-reactive ketones (excluding diaryl/α,β-unsaturated/α-hetero) is 1. The van der Waals surface area contributed by atoms with Gasteiger partial charge < -0.3 is 9.47 Å². The Labute approximate surface area is 176 Å². The zero-order valence-corrected chi connectivity index (χ0v) is 17.9. The fourth-order valence-electron chi connectivity index (χ4n) is 3.71. The molecule has 0 saturated carbocycles. The molecule has 0 N–H and O–H groups in total. The van der Waals surface area contributed by atoms with Crippen LogP contribution in [-0.2, 0) is 9.59 Å². The van der Waals surface area contributed by atoms with Crippen LogP contribution in [0.25, 0.3) is 10.8 Å². The van der Waals surface area contributed by atoms with Gasteiger partial charge in [-0.15, -0.1) is 12.4 Å². The van der Waals surface area contributed by atoms with E-state index in [4.69, 9.17) is 9.47 Å². The molecule has 1 heterocycles. The highest BCUT2D eigenvalue weighted by atomic mass is 35.5. The molecule has 0 aromatic heterocycles. The zero-order valence-electron chi connectivity index (χ0n) is 17.1. The van der Waals surface area contributed by atoms with Gasteiger partial charge in [0, 0.05) is 25.0 Å². The van der Waals surface area contributed by atoms with E-state index in [9.17, 15) is 14.4 Å². The van der Waals surface area contributed by atoms with Crippen LogP contribution in [0, 0.1) is 6.92 Å². The Kier molecular flexibility index (Phi) is 7.38. The second-order valence-electron chi connectivity index (χ2n) is 7.24. The topological polar surface area (TPSA) is 72.9 Å². The first-order chi connectivity index (χ1) is 13.3. The summed E-state index contributed by atoms with van der Waals surface area (Å²) in [5.41, 5.74) is 1.26. The van der Waals surface area contributed by atoms with E-state index in [0.29, 0.717) is 11.1 Å². The molecule has 29 heavy (non-hydrogen) atoms. The minimum atomic E-state index is -0.509. The number of nitrogens with zero attached hydrogens (tertiary/aromatic N) is 1. The van der Waals surface area contributed by atoms with E-state index in [1.165, 1.54) is 13.8 Å². The molecule has 2 aromatic carbocycles. The average molecular weight is 420 g/mol. The number of hydrogen-bond donors (Lipinski definition) is 0. The first-order valence-electron chi connectivity index (χ1n) is 9.50. The molecule has 2 aromatic rings. The van der Waals surface area contributed by atoms with E-state index >= 15 is 0 Å². The van der Waals surface area contributed by atoms with Crippen molar-refractivity contribution in [3.8, 4) is 11.5 Å². The summed E-state index contributed by atoms with van der Waals surface area (Å²) in [6.07, 6.45) is 2.25. The van der Waals surface area contributed by atoms with Crippen LogP contribution in [0.5, 0.6) is 11.5 Å². The molecule has 0 aliphatic carbocycles. The summed E-state index contributed by atoms with van der Waals surface area (Å²) in [7, 11) is 0. The number of ether oxygens (including phenoxy) is 2. The number of hydrogen-bond acceptors (Lipinski definition) is 6. The molecule has 1 saturated heterocycles. The summed E-state index contributed by atoms with van der Waals surface area (Å²) < 4.78 is 10.5. The van der Waals surface area contributed by atoms with E-state index in [1.54, 1.807) is 19.1 Å². The Morgan fingerprint density at radius 2 is 1.62 bits per heavy atom. The summed E-state index contributed by atoms with van der Waals surface area (Å²) in [6.45, 7) is 8.20. The molecule has 0 radical (unpaired) electrons. The summed E-state index contributed by atoms with van der Waals surface area (Å²) in [4.78, 5) is 38.1. The van der Waals surface area contributed by atoms with Crippen molar-refractivity contribution in [1.29, 1.82) is 0 Å². The van der Waals surface area contributed by atoms with Crippen LogP contribution in [0.3, 0.4) is 0 Å². The van der Waals surface area contributed by atoms with Crippen molar-refractivity contribution in [2.24, 2.45) is 0 Å². The fourth-order valence-corrected chi connectivity index (χ4v) is 3.71. The largest absolute Gasteiger partial charge is 0.423 e. The number of carbonyl (C=O) groups excluding carboxylic acids is 3. The molecule has 1 aliphatic heterocycles. The predicted molar refractivity (Wildman–Crippen MR) is 113 cm³/mol. The van der Waals surface area contributed by atoms with Crippen LogP contribution in [0.15, 0.2) is 24.3 Å². The van der Waals surface area contributed by atoms with E-state index in [-0.39, 0.29) is 35.7 Å². The molecule has 0 amide bonds. The summed E-state index contributed by atoms with van der Waals surface area (Å²) >= 11 is 0. The van der Waals surface area contributed by atoms with Gasteiger partial charge in [-0.25, -0.2) is 0 Å². The first kappa shape index (κ1) is 22.8. The van der Waals surface area contributed by atoms with Gasteiger partial charge in [0.15, 0.2) is 17.3 Å². The lowest BCUT2D eigenvalue weighted by atomic mass is 9.97. The molecule has 0 spiro atoms. The predicted octanol–water partition coefficient (Wildman–Crippen LogP) is 4.09. The summed E-state index contributed by atoms with van der Waals surface area (Å²) in [6, 6.07) is 6.93. The van der Waals surface area contributed by atoms with Crippen LogP contribution >= 0.6 is 12.4 Å². The molecule has 1 fully saturated rings. The molecular formula is C22H26ClNO5. The van der Waals surface area contributed by atoms with Crippen molar-refractivity contribution in [3.63, 3.8) is 0 Å². The van der Waals surface area contributed by atoms with Crippen LogP contribution in [-0.4, -0.2) is 41.8 Å². The number of aryl methyl sites for hydroxylation is 1. The molecule has 1 atom stereocenters. The second kappa shape index (κ2) is 9.37. The molecule has 0 bridgehead atoms. The van der Waals surface area contributed by atoms with Crippen LogP contribution in [0.2, 0.25) is 0 Å². The van der Waals surface area contributed by atoms with Crippen molar-refractivity contribution in [2.75, 3.05) is 13.1 Å². The molecule has 6 nitrogen and oxygen atoms in total. The van der Waals surface area contributed by atoms with Crippen LogP contribution in [0.4, 0.5) is 0 Å². The molecule has 7 heteroatoms. The quantitative estimate of drug-likeness (QED) is 0.413. The standard InChI is InChI=1S/C22H25NO5.ClH/c1-13-19-11-18(21(26)14(2)23-9-5-6-10-23)8-7-17(19)12-20(27-15(3)24)22(13)28-16(4)25;/h7-8,11-12,14H,5-6,9-10H2,1-4H3;1H. The van der Waals surface area contributed by atoms with Crippen LogP contribution in [0.1, 0.15) is 49.5 Å².